The minimum atomic E-state index is -1.55. The molecule has 8 heteroatoms. The average molecular weight is 326 g/mol. The van der Waals surface area contributed by atoms with Crippen LogP contribution in [0.2, 0.25) is 0 Å². The van der Waals surface area contributed by atoms with Gasteiger partial charge in [0.2, 0.25) is 0 Å². The number of rotatable bonds is 5. The van der Waals surface area contributed by atoms with E-state index < -0.39 is 34.5 Å². The molecule has 0 saturated heterocycles. The third-order valence-corrected chi connectivity index (χ3v) is 3.33. The number of anilines is 1. The van der Waals surface area contributed by atoms with Crippen LogP contribution in [0, 0.1) is 34.6 Å². The van der Waals surface area contributed by atoms with Crippen molar-refractivity contribution in [3.63, 3.8) is 0 Å². The number of benzene rings is 1. The van der Waals surface area contributed by atoms with Crippen molar-refractivity contribution in [2.45, 2.75) is 26.7 Å². The van der Waals surface area contributed by atoms with Crippen LogP contribution in [-0.4, -0.2) is 16.3 Å². The number of halogens is 4. The zero-order chi connectivity index (χ0) is 17.1. The number of hydrogen-bond acceptors (Lipinski definition) is 3. The molecule has 0 fully saturated rings. The van der Waals surface area contributed by atoms with Crippen LogP contribution in [0.5, 0.6) is 0 Å². The van der Waals surface area contributed by atoms with Gasteiger partial charge in [0.15, 0.2) is 23.3 Å². The molecule has 23 heavy (non-hydrogen) atoms. The molecule has 1 heterocycles. The first kappa shape index (κ1) is 16.8. The fourth-order valence-corrected chi connectivity index (χ4v) is 2.18. The SMILES string of the molecule is CCCNc1c(C#N)cnn1-c1c(F)c(F)c(CC)c(F)c1F. The topological polar surface area (TPSA) is 53.6 Å². The van der Waals surface area contributed by atoms with Crippen LogP contribution in [0.15, 0.2) is 6.20 Å². The van der Waals surface area contributed by atoms with E-state index in [0.29, 0.717) is 17.6 Å². The number of nitrogens with zero attached hydrogens (tertiary/aromatic N) is 3. The molecular weight excluding hydrogens is 312 g/mol. The zero-order valence-electron chi connectivity index (χ0n) is 12.6. The molecule has 0 aliphatic carbocycles. The first-order valence-electron chi connectivity index (χ1n) is 7.04. The van der Waals surface area contributed by atoms with Crippen molar-refractivity contribution in [1.29, 1.82) is 5.26 Å². The van der Waals surface area contributed by atoms with E-state index in [-0.39, 0.29) is 17.8 Å². The summed E-state index contributed by atoms with van der Waals surface area (Å²) in [5.41, 5.74) is -1.64. The standard InChI is InChI=1S/C15H14F4N4/c1-3-5-21-15-8(6-20)7-22-23(15)14-12(18)10(16)9(4-2)11(17)13(14)19/h7,21H,3-5H2,1-2H3. The summed E-state index contributed by atoms with van der Waals surface area (Å²) in [4.78, 5) is 0. The van der Waals surface area contributed by atoms with Crippen molar-refractivity contribution in [1.82, 2.24) is 9.78 Å². The van der Waals surface area contributed by atoms with Crippen LogP contribution in [0.1, 0.15) is 31.4 Å². The molecule has 1 aromatic heterocycles. The van der Waals surface area contributed by atoms with Gasteiger partial charge in [0.1, 0.15) is 23.1 Å². The third-order valence-electron chi connectivity index (χ3n) is 3.33. The normalized spacial score (nSPS) is 10.7. The molecule has 0 unspecified atom stereocenters. The minimum Gasteiger partial charge on any atom is -0.369 e. The lowest BCUT2D eigenvalue weighted by Crippen LogP contribution is -2.14. The fourth-order valence-electron chi connectivity index (χ4n) is 2.18. The van der Waals surface area contributed by atoms with Crippen LogP contribution >= 0.6 is 0 Å². The van der Waals surface area contributed by atoms with Gasteiger partial charge in [-0.1, -0.05) is 13.8 Å². The Bertz CT molecular complexity index is 748. The van der Waals surface area contributed by atoms with Gasteiger partial charge in [-0.05, 0) is 12.8 Å². The van der Waals surface area contributed by atoms with Crippen molar-refractivity contribution in [2.75, 3.05) is 11.9 Å². The van der Waals surface area contributed by atoms with Crippen molar-refractivity contribution in [3.05, 3.63) is 40.6 Å². The highest BCUT2D eigenvalue weighted by atomic mass is 19.2. The lowest BCUT2D eigenvalue weighted by Gasteiger charge is -2.14. The van der Waals surface area contributed by atoms with Crippen LogP contribution in [-0.2, 0) is 6.42 Å². The largest absolute Gasteiger partial charge is 0.369 e. The summed E-state index contributed by atoms with van der Waals surface area (Å²) in [6.45, 7) is 3.62. The lowest BCUT2D eigenvalue weighted by molar-refractivity contribution is 0.432. The predicted molar refractivity (Wildman–Crippen MR) is 76.3 cm³/mol. The highest BCUT2D eigenvalue weighted by Gasteiger charge is 2.28. The van der Waals surface area contributed by atoms with Gasteiger partial charge in [0.05, 0.1) is 6.20 Å². The second-order valence-corrected chi connectivity index (χ2v) is 4.79. The summed E-state index contributed by atoms with van der Waals surface area (Å²) in [6.07, 6.45) is 1.54. The highest BCUT2D eigenvalue weighted by molar-refractivity contribution is 5.57. The molecule has 0 bridgehead atoms. The van der Waals surface area contributed by atoms with E-state index in [1.165, 1.54) is 6.92 Å². The molecule has 4 nitrogen and oxygen atoms in total. The molecule has 1 N–H and O–H groups in total. The molecule has 0 radical (unpaired) electrons. The Labute approximate surface area is 130 Å². The monoisotopic (exact) mass is 326 g/mol. The summed E-state index contributed by atoms with van der Waals surface area (Å²) in [5.74, 6) is -6.04. The second-order valence-electron chi connectivity index (χ2n) is 4.79. The molecule has 2 rings (SSSR count). The van der Waals surface area contributed by atoms with Crippen molar-refractivity contribution in [2.24, 2.45) is 0 Å². The van der Waals surface area contributed by atoms with Crippen molar-refractivity contribution < 1.29 is 17.6 Å². The Balaban J connectivity index is 2.73. The van der Waals surface area contributed by atoms with Gasteiger partial charge in [-0.3, -0.25) is 0 Å². The summed E-state index contributed by atoms with van der Waals surface area (Å²) in [5, 5.41) is 15.5. The van der Waals surface area contributed by atoms with Gasteiger partial charge in [0, 0.05) is 12.1 Å². The van der Waals surface area contributed by atoms with E-state index in [1.807, 2.05) is 13.0 Å². The number of nitrogens with one attached hydrogen (secondary N) is 1. The average Bonchev–Trinajstić information content (AvgIpc) is 2.94. The Hall–Kier alpha value is -2.56. The van der Waals surface area contributed by atoms with E-state index in [9.17, 15) is 17.6 Å². The Morgan fingerprint density at radius 1 is 1.13 bits per heavy atom. The summed E-state index contributed by atoms with van der Waals surface area (Å²) in [7, 11) is 0. The van der Waals surface area contributed by atoms with Crippen molar-refractivity contribution in [3.8, 4) is 11.8 Å². The number of nitriles is 1. The third kappa shape index (κ3) is 2.74. The highest BCUT2D eigenvalue weighted by Crippen LogP contribution is 2.30. The molecule has 2 aromatic rings. The maximum atomic E-state index is 14.2. The second kappa shape index (κ2) is 6.69. The Kier molecular flexibility index (Phi) is 4.89. The molecule has 0 aliphatic rings. The lowest BCUT2D eigenvalue weighted by atomic mass is 10.1. The van der Waals surface area contributed by atoms with E-state index in [2.05, 4.69) is 10.4 Å². The van der Waals surface area contributed by atoms with Crippen LogP contribution < -0.4 is 5.32 Å². The minimum absolute atomic E-state index is 0.0117. The number of aromatic nitrogens is 2. The van der Waals surface area contributed by atoms with Crippen LogP contribution in [0.3, 0.4) is 0 Å². The Morgan fingerprint density at radius 2 is 1.74 bits per heavy atom. The quantitative estimate of drug-likeness (QED) is 0.673. The van der Waals surface area contributed by atoms with E-state index >= 15 is 0 Å². The smallest absolute Gasteiger partial charge is 0.188 e. The first-order chi connectivity index (χ1) is 11.0. The van der Waals surface area contributed by atoms with Gasteiger partial charge >= 0.3 is 0 Å². The predicted octanol–water partition coefficient (Wildman–Crippen LogP) is 3.68. The zero-order valence-corrected chi connectivity index (χ0v) is 12.6. The molecule has 1 aromatic carbocycles. The summed E-state index contributed by atoms with van der Waals surface area (Å²) in [6, 6.07) is 1.81. The van der Waals surface area contributed by atoms with Crippen molar-refractivity contribution >= 4 is 5.82 Å². The van der Waals surface area contributed by atoms with E-state index in [1.54, 1.807) is 0 Å². The molecule has 0 spiro atoms. The number of hydrogen-bond donors (Lipinski definition) is 1. The summed E-state index contributed by atoms with van der Waals surface area (Å²) < 4.78 is 57.1. The van der Waals surface area contributed by atoms with E-state index in [0.717, 1.165) is 6.20 Å². The molecule has 0 saturated carbocycles. The van der Waals surface area contributed by atoms with Crippen LogP contribution in [0.4, 0.5) is 23.4 Å². The molecule has 0 atom stereocenters. The summed E-state index contributed by atoms with van der Waals surface area (Å²) >= 11 is 0. The van der Waals surface area contributed by atoms with Crippen LogP contribution in [0.25, 0.3) is 5.69 Å². The van der Waals surface area contributed by atoms with Gasteiger partial charge in [0.25, 0.3) is 0 Å². The molecule has 122 valence electrons. The maximum Gasteiger partial charge on any atom is 0.188 e. The molecule has 0 aliphatic heterocycles. The van der Waals surface area contributed by atoms with E-state index in [4.69, 9.17) is 5.26 Å². The van der Waals surface area contributed by atoms with Gasteiger partial charge in [-0.15, -0.1) is 0 Å². The maximum absolute atomic E-state index is 14.2. The Morgan fingerprint density at radius 3 is 2.22 bits per heavy atom. The van der Waals surface area contributed by atoms with Gasteiger partial charge in [-0.2, -0.15) is 10.4 Å². The molecule has 0 amide bonds. The van der Waals surface area contributed by atoms with Gasteiger partial charge < -0.3 is 5.32 Å². The first-order valence-corrected chi connectivity index (χ1v) is 7.04. The molecular formula is C15H14F4N4. The van der Waals surface area contributed by atoms with Gasteiger partial charge in [-0.25, -0.2) is 22.2 Å². The fraction of sp³-hybridized carbons (Fsp3) is 0.333.